The first-order chi connectivity index (χ1) is 11.3. The Hall–Kier alpha value is -1.61. The number of fused-ring (bicyclic) bond motifs is 1. The van der Waals surface area contributed by atoms with Gasteiger partial charge in [-0.15, -0.1) is 0 Å². The predicted octanol–water partition coefficient (Wildman–Crippen LogP) is 4.01. The summed E-state index contributed by atoms with van der Waals surface area (Å²) < 4.78 is 5.33. The van der Waals surface area contributed by atoms with Crippen LogP contribution >= 0.6 is 0 Å². The zero-order valence-electron chi connectivity index (χ0n) is 14.1. The van der Waals surface area contributed by atoms with Gasteiger partial charge in [0.2, 0.25) is 0 Å². The molecule has 0 bridgehead atoms. The third-order valence-electron chi connectivity index (χ3n) is 5.87. The molecule has 2 heterocycles. The van der Waals surface area contributed by atoms with Crippen LogP contribution in [0.5, 0.6) is 0 Å². The topological polar surface area (TPSA) is 29.3 Å². The van der Waals surface area contributed by atoms with E-state index in [-0.39, 0.29) is 0 Å². The van der Waals surface area contributed by atoms with Gasteiger partial charge < -0.3 is 4.52 Å². The molecule has 122 valence electrons. The molecule has 2 aromatic rings. The van der Waals surface area contributed by atoms with Crippen molar-refractivity contribution in [2.24, 2.45) is 5.41 Å². The van der Waals surface area contributed by atoms with Crippen molar-refractivity contribution in [1.29, 1.82) is 0 Å². The van der Waals surface area contributed by atoms with Crippen LogP contribution in [0.25, 0.3) is 0 Å². The first kappa shape index (κ1) is 14.9. The van der Waals surface area contributed by atoms with Crippen molar-refractivity contribution in [2.75, 3.05) is 13.1 Å². The minimum absolute atomic E-state index is 0.545. The predicted molar refractivity (Wildman–Crippen MR) is 91.3 cm³/mol. The molecule has 3 heteroatoms. The number of nitrogens with zero attached hydrogens (tertiary/aromatic N) is 2. The summed E-state index contributed by atoms with van der Waals surface area (Å²) in [6.45, 7) is 5.43. The van der Waals surface area contributed by atoms with E-state index < -0.39 is 0 Å². The summed E-state index contributed by atoms with van der Waals surface area (Å²) in [5.41, 5.74) is 4.81. The van der Waals surface area contributed by atoms with Gasteiger partial charge in [-0.25, -0.2) is 0 Å². The van der Waals surface area contributed by atoms with Crippen LogP contribution < -0.4 is 0 Å². The number of hydrogen-bond donors (Lipinski definition) is 0. The van der Waals surface area contributed by atoms with Crippen LogP contribution in [0.3, 0.4) is 0 Å². The van der Waals surface area contributed by atoms with Gasteiger partial charge in [0.25, 0.3) is 0 Å². The maximum Gasteiger partial charge on any atom is 0.136 e. The van der Waals surface area contributed by atoms with Crippen molar-refractivity contribution in [2.45, 2.75) is 52.0 Å². The summed E-state index contributed by atoms with van der Waals surface area (Å²) in [7, 11) is 0. The second kappa shape index (κ2) is 6.12. The van der Waals surface area contributed by atoms with Gasteiger partial charge in [0.1, 0.15) is 5.76 Å². The number of aromatic nitrogens is 1. The van der Waals surface area contributed by atoms with Crippen molar-refractivity contribution in [3.8, 4) is 0 Å². The van der Waals surface area contributed by atoms with Crippen LogP contribution in [-0.4, -0.2) is 23.1 Å². The van der Waals surface area contributed by atoms with Crippen LogP contribution in [-0.2, 0) is 25.8 Å². The normalized spacial score (nSPS) is 20.6. The van der Waals surface area contributed by atoms with Crippen molar-refractivity contribution in [3.05, 3.63) is 52.9 Å². The quantitative estimate of drug-likeness (QED) is 0.858. The fraction of sp³-hybridized carbons (Fsp3) is 0.550. The maximum absolute atomic E-state index is 5.33. The molecule has 1 aromatic carbocycles. The summed E-state index contributed by atoms with van der Waals surface area (Å²) in [5, 5.41) is 4.20. The average Bonchev–Trinajstić information content (AvgIpc) is 3.05. The Morgan fingerprint density at radius 2 is 1.91 bits per heavy atom. The minimum atomic E-state index is 0.545. The Balaban J connectivity index is 1.37. The third-order valence-corrected chi connectivity index (χ3v) is 5.87. The second-order valence-corrected chi connectivity index (χ2v) is 7.36. The number of rotatable bonds is 3. The molecule has 2 aliphatic rings. The lowest BCUT2D eigenvalue weighted by Gasteiger charge is -2.44. The van der Waals surface area contributed by atoms with E-state index in [9.17, 15) is 0 Å². The molecule has 0 amide bonds. The maximum atomic E-state index is 5.33. The molecule has 0 unspecified atom stereocenters. The van der Waals surface area contributed by atoms with Gasteiger partial charge in [-0.05, 0) is 61.7 Å². The lowest BCUT2D eigenvalue weighted by Crippen LogP contribution is -2.42. The van der Waals surface area contributed by atoms with E-state index in [2.05, 4.69) is 47.3 Å². The first-order valence-electron chi connectivity index (χ1n) is 9.00. The zero-order chi connectivity index (χ0) is 15.7. The molecule has 1 spiro atoms. The number of likely N-dealkylation sites (tertiary alicyclic amines) is 1. The Morgan fingerprint density at radius 3 is 2.65 bits per heavy atom. The van der Waals surface area contributed by atoms with Gasteiger partial charge in [-0.2, -0.15) is 0 Å². The van der Waals surface area contributed by atoms with Gasteiger partial charge in [-0.3, -0.25) is 4.90 Å². The summed E-state index contributed by atoms with van der Waals surface area (Å²) in [5.74, 6) is 0.998. The number of hydrogen-bond acceptors (Lipinski definition) is 3. The van der Waals surface area contributed by atoms with E-state index in [0.29, 0.717) is 5.41 Å². The van der Waals surface area contributed by atoms with E-state index in [1.165, 1.54) is 45.2 Å². The molecule has 3 nitrogen and oxygen atoms in total. The lowest BCUT2D eigenvalue weighted by molar-refractivity contribution is 0.0840. The molecule has 1 aromatic heterocycles. The number of aryl methyl sites for hydroxylation is 2. The van der Waals surface area contributed by atoms with Gasteiger partial charge in [0, 0.05) is 19.0 Å². The molecular formula is C20H26N2O. The largest absolute Gasteiger partial charge is 0.361 e. The van der Waals surface area contributed by atoms with Crippen LogP contribution in [0.2, 0.25) is 0 Å². The van der Waals surface area contributed by atoms with E-state index in [0.717, 1.165) is 24.4 Å². The van der Waals surface area contributed by atoms with Crippen molar-refractivity contribution >= 4 is 0 Å². The SMILES string of the molecule is CCc1cc(CN2CCC3(CCc4ccccc4C3)CC2)no1. The van der Waals surface area contributed by atoms with Crippen molar-refractivity contribution in [1.82, 2.24) is 10.1 Å². The first-order valence-corrected chi connectivity index (χ1v) is 9.00. The fourth-order valence-electron chi connectivity index (χ4n) is 4.30. The fourth-order valence-corrected chi connectivity index (χ4v) is 4.30. The van der Waals surface area contributed by atoms with Crippen molar-refractivity contribution < 1.29 is 4.52 Å². The third kappa shape index (κ3) is 3.07. The Morgan fingerprint density at radius 1 is 1.13 bits per heavy atom. The zero-order valence-corrected chi connectivity index (χ0v) is 14.1. The van der Waals surface area contributed by atoms with Crippen LogP contribution in [0.15, 0.2) is 34.9 Å². The molecule has 0 N–H and O–H groups in total. The monoisotopic (exact) mass is 310 g/mol. The van der Waals surface area contributed by atoms with Gasteiger partial charge >= 0.3 is 0 Å². The Bertz CT molecular complexity index is 668. The molecule has 1 aliphatic heterocycles. The van der Waals surface area contributed by atoms with E-state index in [1.54, 1.807) is 11.1 Å². The summed E-state index contributed by atoms with van der Waals surface area (Å²) in [6, 6.07) is 11.1. The lowest BCUT2D eigenvalue weighted by atomic mass is 9.66. The number of piperidine rings is 1. The van der Waals surface area contributed by atoms with E-state index >= 15 is 0 Å². The van der Waals surface area contributed by atoms with Crippen LogP contribution in [0.4, 0.5) is 0 Å². The highest BCUT2D eigenvalue weighted by molar-refractivity contribution is 5.31. The van der Waals surface area contributed by atoms with Gasteiger partial charge in [0.15, 0.2) is 0 Å². The van der Waals surface area contributed by atoms with Gasteiger partial charge in [0.05, 0.1) is 5.69 Å². The minimum Gasteiger partial charge on any atom is -0.361 e. The average molecular weight is 310 g/mol. The smallest absolute Gasteiger partial charge is 0.136 e. The molecule has 0 saturated carbocycles. The molecule has 1 fully saturated rings. The number of benzene rings is 1. The Labute approximate surface area is 138 Å². The molecule has 23 heavy (non-hydrogen) atoms. The highest BCUT2D eigenvalue weighted by atomic mass is 16.5. The highest BCUT2D eigenvalue weighted by Gasteiger charge is 2.37. The van der Waals surface area contributed by atoms with E-state index in [4.69, 9.17) is 4.52 Å². The van der Waals surface area contributed by atoms with Crippen molar-refractivity contribution in [3.63, 3.8) is 0 Å². The summed E-state index contributed by atoms with van der Waals surface area (Å²) in [4.78, 5) is 2.54. The van der Waals surface area contributed by atoms with Crippen LogP contribution in [0.1, 0.15) is 48.8 Å². The molecule has 1 saturated heterocycles. The summed E-state index contributed by atoms with van der Waals surface area (Å²) >= 11 is 0. The Kier molecular flexibility index (Phi) is 3.98. The molecule has 0 radical (unpaired) electrons. The highest BCUT2D eigenvalue weighted by Crippen LogP contribution is 2.43. The molecule has 1 aliphatic carbocycles. The summed E-state index contributed by atoms with van der Waals surface area (Å²) in [6.07, 6.45) is 7.47. The molecule has 0 atom stereocenters. The van der Waals surface area contributed by atoms with Gasteiger partial charge in [-0.1, -0.05) is 36.3 Å². The molecule has 4 rings (SSSR count). The second-order valence-electron chi connectivity index (χ2n) is 7.36. The molecular weight excluding hydrogens is 284 g/mol. The standard InChI is InChI=1S/C20H26N2O/c1-2-19-13-18(21-23-19)15-22-11-9-20(10-12-22)8-7-16-5-3-4-6-17(16)14-20/h3-6,13H,2,7-12,14-15H2,1H3. The van der Waals surface area contributed by atoms with Crippen LogP contribution in [0, 0.1) is 5.41 Å². The van der Waals surface area contributed by atoms with E-state index in [1.807, 2.05) is 0 Å².